The van der Waals surface area contributed by atoms with Gasteiger partial charge in [-0.25, -0.2) is 4.79 Å². The number of hydrogen-bond acceptors (Lipinski definition) is 6. The SMILES string of the molecule is C/C=C/CCCC[C@@H](C)OC1OC(C)C(OC(=O)c2ccc(O)cc2)CC1O. The Hall–Kier alpha value is -1.89. The van der Waals surface area contributed by atoms with Gasteiger partial charge in [0.05, 0.1) is 17.8 Å². The summed E-state index contributed by atoms with van der Waals surface area (Å²) in [4.78, 5) is 12.3. The van der Waals surface area contributed by atoms with Crippen molar-refractivity contribution in [2.75, 3.05) is 0 Å². The van der Waals surface area contributed by atoms with Crippen LogP contribution in [-0.4, -0.2) is 46.9 Å². The number of aliphatic hydroxyl groups is 1. The molecule has 0 bridgehead atoms. The first-order valence-electron chi connectivity index (χ1n) is 10.0. The van der Waals surface area contributed by atoms with Crippen LogP contribution in [0.3, 0.4) is 0 Å². The van der Waals surface area contributed by atoms with E-state index in [-0.39, 0.29) is 18.3 Å². The molecular formula is C22H32O6. The Morgan fingerprint density at radius 2 is 2.04 bits per heavy atom. The lowest BCUT2D eigenvalue weighted by Gasteiger charge is -2.38. The summed E-state index contributed by atoms with van der Waals surface area (Å²) in [6, 6.07) is 5.84. The lowest BCUT2D eigenvalue weighted by molar-refractivity contribution is -0.273. The first-order valence-corrected chi connectivity index (χ1v) is 10.0. The number of phenolic OH excluding ortho intramolecular Hbond substituents is 1. The Balaban J connectivity index is 1.79. The number of hydrogen-bond donors (Lipinski definition) is 2. The molecule has 1 fully saturated rings. The Labute approximate surface area is 167 Å². The molecule has 0 spiro atoms. The van der Waals surface area contributed by atoms with Crippen molar-refractivity contribution in [3.63, 3.8) is 0 Å². The normalized spacial score (nSPS) is 26.3. The van der Waals surface area contributed by atoms with Crippen LogP contribution in [0, 0.1) is 0 Å². The highest BCUT2D eigenvalue weighted by molar-refractivity contribution is 5.89. The van der Waals surface area contributed by atoms with Gasteiger partial charge >= 0.3 is 5.97 Å². The minimum absolute atomic E-state index is 0.0199. The van der Waals surface area contributed by atoms with Crippen LogP contribution in [0.4, 0.5) is 0 Å². The molecule has 0 saturated carbocycles. The summed E-state index contributed by atoms with van der Waals surface area (Å²) in [6.07, 6.45) is 6.03. The summed E-state index contributed by atoms with van der Waals surface area (Å²) in [5.74, 6) is -0.432. The second kappa shape index (κ2) is 11.2. The monoisotopic (exact) mass is 392 g/mol. The summed E-state index contributed by atoms with van der Waals surface area (Å²) in [5.41, 5.74) is 0.337. The molecule has 6 nitrogen and oxygen atoms in total. The van der Waals surface area contributed by atoms with Crippen molar-refractivity contribution in [2.45, 2.75) is 83.6 Å². The van der Waals surface area contributed by atoms with Crippen molar-refractivity contribution in [2.24, 2.45) is 0 Å². The van der Waals surface area contributed by atoms with Gasteiger partial charge < -0.3 is 24.4 Å². The second-order valence-electron chi connectivity index (χ2n) is 7.30. The highest BCUT2D eigenvalue weighted by Gasteiger charge is 2.38. The molecule has 2 rings (SSSR count). The topological polar surface area (TPSA) is 85.2 Å². The molecule has 1 saturated heterocycles. The highest BCUT2D eigenvalue weighted by Crippen LogP contribution is 2.26. The van der Waals surface area contributed by atoms with Gasteiger partial charge in [0.15, 0.2) is 6.29 Å². The zero-order chi connectivity index (χ0) is 20.5. The molecule has 5 atom stereocenters. The first kappa shape index (κ1) is 22.4. The number of carbonyl (C=O) groups is 1. The van der Waals surface area contributed by atoms with Crippen molar-refractivity contribution in [3.05, 3.63) is 42.0 Å². The van der Waals surface area contributed by atoms with Crippen LogP contribution >= 0.6 is 0 Å². The van der Waals surface area contributed by atoms with Gasteiger partial charge in [-0.15, -0.1) is 0 Å². The average molecular weight is 392 g/mol. The van der Waals surface area contributed by atoms with E-state index in [4.69, 9.17) is 14.2 Å². The van der Waals surface area contributed by atoms with E-state index in [9.17, 15) is 15.0 Å². The highest BCUT2D eigenvalue weighted by atomic mass is 16.7. The van der Waals surface area contributed by atoms with Crippen LogP contribution in [0.2, 0.25) is 0 Å². The number of esters is 1. The molecule has 1 heterocycles. The van der Waals surface area contributed by atoms with Gasteiger partial charge in [-0.3, -0.25) is 0 Å². The van der Waals surface area contributed by atoms with Crippen LogP contribution in [0.25, 0.3) is 0 Å². The second-order valence-corrected chi connectivity index (χ2v) is 7.30. The van der Waals surface area contributed by atoms with Gasteiger partial charge in [-0.2, -0.15) is 0 Å². The molecule has 0 amide bonds. The van der Waals surface area contributed by atoms with Crippen molar-refractivity contribution < 1.29 is 29.2 Å². The Kier molecular flexibility index (Phi) is 8.96. The van der Waals surface area contributed by atoms with Crippen LogP contribution in [0.5, 0.6) is 5.75 Å². The average Bonchev–Trinajstić information content (AvgIpc) is 2.66. The molecule has 1 aliphatic rings. The molecular weight excluding hydrogens is 360 g/mol. The molecule has 2 N–H and O–H groups in total. The lowest BCUT2D eigenvalue weighted by atomic mass is 10.0. The van der Waals surface area contributed by atoms with Gasteiger partial charge in [0.25, 0.3) is 0 Å². The van der Waals surface area contributed by atoms with Gasteiger partial charge in [-0.1, -0.05) is 18.6 Å². The zero-order valence-electron chi connectivity index (χ0n) is 16.9. The van der Waals surface area contributed by atoms with Crippen LogP contribution in [0.15, 0.2) is 36.4 Å². The van der Waals surface area contributed by atoms with Crippen LogP contribution in [-0.2, 0) is 14.2 Å². The Morgan fingerprint density at radius 3 is 2.71 bits per heavy atom. The molecule has 156 valence electrons. The molecule has 0 aliphatic carbocycles. The van der Waals surface area contributed by atoms with Gasteiger partial charge in [0, 0.05) is 6.42 Å². The number of phenols is 1. The van der Waals surface area contributed by atoms with Crippen molar-refractivity contribution in [1.29, 1.82) is 0 Å². The smallest absolute Gasteiger partial charge is 0.338 e. The minimum Gasteiger partial charge on any atom is -0.508 e. The zero-order valence-corrected chi connectivity index (χ0v) is 16.9. The van der Waals surface area contributed by atoms with E-state index in [0.29, 0.717) is 5.56 Å². The minimum atomic E-state index is -0.862. The van der Waals surface area contributed by atoms with Gasteiger partial charge in [0.2, 0.25) is 0 Å². The van der Waals surface area contributed by atoms with E-state index in [2.05, 4.69) is 12.2 Å². The molecule has 28 heavy (non-hydrogen) atoms. The molecule has 0 aromatic heterocycles. The number of ether oxygens (including phenoxy) is 3. The number of allylic oxidation sites excluding steroid dienone is 2. The summed E-state index contributed by atoms with van der Waals surface area (Å²) in [5, 5.41) is 19.7. The fourth-order valence-electron chi connectivity index (χ4n) is 3.16. The van der Waals surface area contributed by atoms with E-state index in [1.54, 1.807) is 6.92 Å². The summed E-state index contributed by atoms with van der Waals surface area (Å²) < 4.78 is 17.1. The molecule has 6 heteroatoms. The van der Waals surface area contributed by atoms with Gasteiger partial charge in [0.1, 0.15) is 18.0 Å². The summed E-state index contributed by atoms with van der Waals surface area (Å²) >= 11 is 0. The third-order valence-corrected chi connectivity index (χ3v) is 4.86. The largest absolute Gasteiger partial charge is 0.508 e. The maximum Gasteiger partial charge on any atom is 0.338 e. The van der Waals surface area contributed by atoms with E-state index < -0.39 is 30.6 Å². The predicted octanol–water partition coefficient (Wildman–Crippen LogP) is 3.96. The number of rotatable bonds is 9. The summed E-state index contributed by atoms with van der Waals surface area (Å²) in [6.45, 7) is 5.80. The molecule has 0 radical (unpaired) electrons. The van der Waals surface area contributed by atoms with Crippen molar-refractivity contribution >= 4 is 5.97 Å². The molecule has 4 unspecified atom stereocenters. The van der Waals surface area contributed by atoms with Crippen molar-refractivity contribution in [3.8, 4) is 5.75 Å². The number of benzene rings is 1. The number of aromatic hydroxyl groups is 1. The predicted molar refractivity (Wildman–Crippen MR) is 106 cm³/mol. The van der Waals surface area contributed by atoms with E-state index in [0.717, 1.165) is 25.7 Å². The van der Waals surface area contributed by atoms with Gasteiger partial charge in [-0.05, 0) is 64.3 Å². The Morgan fingerprint density at radius 1 is 1.32 bits per heavy atom. The van der Waals surface area contributed by atoms with E-state index in [1.165, 1.54) is 24.3 Å². The van der Waals surface area contributed by atoms with E-state index in [1.807, 2.05) is 13.8 Å². The molecule has 1 aromatic rings. The fraction of sp³-hybridized carbons (Fsp3) is 0.591. The maximum absolute atomic E-state index is 12.3. The first-order chi connectivity index (χ1) is 13.4. The van der Waals surface area contributed by atoms with E-state index >= 15 is 0 Å². The number of unbranched alkanes of at least 4 members (excludes halogenated alkanes) is 2. The van der Waals surface area contributed by atoms with Crippen molar-refractivity contribution in [1.82, 2.24) is 0 Å². The third-order valence-electron chi connectivity index (χ3n) is 4.86. The molecule has 1 aliphatic heterocycles. The standard InChI is InChI=1S/C22H32O6/c1-4-5-6-7-8-9-15(2)26-22-19(24)14-20(16(3)27-22)28-21(25)17-10-12-18(23)13-11-17/h4-5,10-13,15-16,19-20,22-24H,6-9,14H2,1-3H3/b5-4+/t15-,16?,19?,20?,22?/m1/s1. The van der Waals surface area contributed by atoms with Crippen LogP contribution < -0.4 is 0 Å². The lowest BCUT2D eigenvalue weighted by Crippen LogP contribution is -2.49. The maximum atomic E-state index is 12.3. The Bertz CT molecular complexity index is 626. The quantitative estimate of drug-likeness (QED) is 0.376. The third kappa shape index (κ3) is 6.93. The number of carbonyl (C=O) groups excluding carboxylic acids is 1. The number of aliphatic hydroxyl groups excluding tert-OH is 1. The fourth-order valence-corrected chi connectivity index (χ4v) is 3.16. The summed E-state index contributed by atoms with van der Waals surface area (Å²) in [7, 11) is 0. The molecule has 1 aromatic carbocycles. The van der Waals surface area contributed by atoms with Crippen LogP contribution in [0.1, 0.15) is 63.2 Å².